The third kappa shape index (κ3) is 5.07. The van der Waals surface area contributed by atoms with Gasteiger partial charge in [-0.05, 0) is 36.1 Å². The molecule has 0 atom stereocenters. The monoisotopic (exact) mass is 251 g/mol. The third-order valence-electron chi connectivity index (χ3n) is 2.89. The van der Waals surface area contributed by atoms with Gasteiger partial charge in [-0.1, -0.05) is 19.9 Å². The lowest BCUT2D eigenvalue weighted by Crippen LogP contribution is -2.24. The number of methoxy groups -OCH3 is 1. The van der Waals surface area contributed by atoms with Gasteiger partial charge in [-0.25, -0.2) is 0 Å². The molecule has 0 aliphatic heterocycles. The maximum atomic E-state index is 5.70. The zero-order valence-electron chi connectivity index (χ0n) is 12.0. The zero-order chi connectivity index (χ0) is 13.4. The average Bonchev–Trinajstić information content (AvgIpc) is 2.33. The van der Waals surface area contributed by atoms with Crippen molar-refractivity contribution in [3.05, 3.63) is 29.3 Å². The summed E-state index contributed by atoms with van der Waals surface area (Å²) in [5.41, 5.74) is 2.69. The van der Waals surface area contributed by atoms with E-state index >= 15 is 0 Å². The molecule has 0 saturated heterocycles. The summed E-state index contributed by atoms with van der Waals surface area (Å²) >= 11 is 0. The van der Waals surface area contributed by atoms with Crippen LogP contribution in [0.5, 0.6) is 5.75 Å². The normalized spacial score (nSPS) is 10.9. The Labute approximate surface area is 110 Å². The van der Waals surface area contributed by atoms with Crippen LogP contribution >= 0.6 is 0 Å². The predicted octanol–water partition coefficient (Wildman–Crippen LogP) is 2.73. The molecule has 0 fully saturated rings. The number of nitrogens with one attached hydrogen (secondary N) is 1. The topological polar surface area (TPSA) is 30.5 Å². The minimum Gasteiger partial charge on any atom is -0.492 e. The molecule has 1 rings (SSSR count). The first-order chi connectivity index (χ1) is 8.65. The van der Waals surface area contributed by atoms with Crippen LogP contribution in [0.1, 0.15) is 30.9 Å². The quantitative estimate of drug-likeness (QED) is 0.721. The molecule has 0 radical (unpaired) electrons. The third-order valence-corrected chi connectivity index (χ3v) is 2.89. The molecule has 0 saturated carbocycles. The van der Waals surface area contributed by atoms with E-state index in [1.807, 2.05) is 0 Å². The lowest BCUT2D eigenvalue weighted by atomic mass is 9.98. The van der Waals surface area contributed by atoms with Crippen LogP contribution in [-0.4, -0.2) is 33.4 Å². The number of ether oxygens (including phenoxy) is 2. The van der Waals surface area contributed by atoms with E-state index in [-0.39, 0.29) is 0 Å². The van der Waals surface area contributed by atoms with Gasteiger partial charge in [0.2, 0.25) is 0 Å². The fraction of sp³-hybridized carbons (Fsp3) is 0.600. The van der Waals surface area contributed by atoms with Crippen molar-refractivity contribution in [3.8, 4) is 5.75 Å². The summed E-state index contributed by atoms with van der Waals surface area (Å²) in [7, 11) is 1.71. The number of rotatable bonds is 8. The molecule has 18 heavy (non-hydrogen) atoms. The minimum atomic E-state index is 0.565. The number of aryl methyl sites for hydroxylation is 1. The SMILES string of the molecule is COCCNCCOc1ccc(C(C)C)c(C)c1. The molecule has 0 spiro atoms. The van der Waals surface area contributed by atoms with Crippen molar-refractivity contribution in [2.75, 3.05) is 33.4 Å². The Morgan fingerprint density at radius 1 is 1.17 bits per heavy atom. The van der Waals surface area contributed by atoms with E-state index in [1.165, 1.54) is 11.1 Å². The smallest absolute Gasteiger partial charge is 0.119 e. The highest BCUT2D eigenvalue weighted by atomic mass is 16.5. The highest BCUT2D eigenvalue weighted by Crippen LogP contribution is 2.23. The summed E-state index contributed by atoms with van der Waals surface area (Å²) in [5, 5.41) is 3.25. The Kier molecular flexibility index (Phi) is 6.76. The highest BCUT2D eigenvalue weighted by molar-refractivity contribution is 5.36. The van der Waals surface area contributed by atoms with Crippen LogP contribution < -0.4 is 10.1 Å². The fourth-order valence-electron chi connectivity index (χ4n) is 1.93. The molecule has 0 heterocycles. The van der Waals surface area contributed by atoms with Gasteiger partial charge in [-0.3, -0.25) is 0 Å². The average molecular weight is 251 g/mol. The second-order valence-electron chi connectivity index (χ2n) is 4.76. The van der Waals surface area contributed by atoms with Crippen molar-refractivity contribution in [1.82, 2.24) is 5.32 Å². The van der Waals surface area contributed by atoms with Gasteiger partial charge in [0.1, 0.15) is 12.4 Å². The molecule has 1 N–H and O–H groups in total. The van der Waals surface area contributed by atoms with Gasteiger partial charge in [0.15, 0.2) is 0 Å². The molecule has 3 heteroatoms. The fourth-order valence-corrected chi connectivity index (χ4v) is 1.93. The van der Waals surface area contributed by atoms with Gasteiger partial charge in [-0.2, -0.15) is 0 Å². The molecule has 1 aromatic carbocycles. The Morgan fingerprint density at radius 3 is 2.50 bits per heavy atom. The number of hydrogen-bond donors (Lipinski definition) is 1. The maximum absolute atomic E-state index is 5.70. The predicted molar refractivity (Wildman–Crippen MR) is 75.5 cm³/mol. The van der Waals surface area contributed by atoms with Crippen molar-refractivity contribution in [2.45, 2.75) is 26.7 Å². The molecular weight excluding hydrogens is 226 g/mol. The lowest BCUT2D eigenvalue weighted by Gasteiger charge is -2.12. The first-order valence-corrected chi connectivity index (χ1v) is 6.58. The Balaban J connectivity index is 2.33. The van der Waals surface area contributed by atoms with Gasteiger partial charge in [0.25, 0.3) is 0 Å². The van der Waals surface area contributed by atoms with Crippen LogP contribution in [-0.2, 0) is 4.74 Å². The second kappa shape index (κ2) is 8.11. The molecule has 0 aromatic heterocycles. The number of benzene rings is 1. The van der Waals surface area contributed by atoms with Crippen molar-refractivity contribution >= 4 is 0 Å². The molecule has 1 aromatic rings. The summed E-state index contributed by atoms with van der Waals surface area (Å²) < 4.78 is 10.7. The highest BCUT2D eigenvalue weighted by Gasteiger charge is 2.04. The van der Waals surface area contributed by atoms with Crippen molar-refractivity contribution in [2.24, 2.45) is 0 Å². The molecule has 0 amide bonds. The second-order valence-corrected chi connectivity index (χ2v) is 4.76. The lowest BCUT2D eigenvalue weighted by molar-refractivity contribution is 0.197. The van der Waals surface area contributed by atoms with Crippen LogP contribution in [0.3, 0.4) is 0 Å². The Hall–Kier alpha value is -1.06. The summed E-state index contributed by atoms with van der Waals surface area (Å²) in [6.07, 6.45) is 0. The van der Waals surface area contributed by atoms with E-state index in [1.54, 1.807) is 7.11 Å². The maximum Gasteiger partial charge on any atom is 0.119 e. The first-order valence-electron chi connectivity index (χ1n) is 6.58. The van der Waals surface area contributed by atoms with Crippen molar-refractivity contribution in [1.29, 1.82) is 0 Å². The molecule has 102 valence electrons. The molecule has 3 nitrogen and oxygen atoms in total. The Bertz CT molecular complexity index is 350. The number of hydrogen-bond acceptors (Lipinski definition) is 3. The van der Waals surface area contributed by atoms with Gasteiger partial charge >= 0.3 is 0 Å². The zero-order valence-corrected chi connectivity index (χ0v) is 12.0. The summed E-state index contributed by atoms with van der Waals surface area (Å²) in [6.45, 7) is 9.69. The molecule has 0 aliphatic carbocycles. The van der Waals surface area contributed by atoms with E-state index in [4.69, 9.17) is 9.47 Å². The van der Waals surface area contributed by atoms with E-state index < -0.39 is 0 Å². The van der Waals surface area contributed by atoms with E-state index in [0.29, 0.717) is 12.5 Å². The summed E-state index contributed by atoms with van der Waals surface area (Å²) in [4.78, 5) is 0. The van der Waals surface area contributed by atoms with Crippen LogP contribution in [0.25, 0.3) is 0 Å². The standard InChI is InChI=1S/C15H25NO2/c1-12(2)15-6-5-14(11-13(15)3)18-10-8-16-7-9-17-4/h5-6,11-12,16H,7-10H2,1-4H3. The van der Waals surface area contributed by atoms with Gasteiger partial charge in [-0.15, -0.1) is 0 Å². The van der Waals surface area contributed by atoms with Gasteiger partial charge in [0.05, 0.1) is 6.61 Å². The Morgan fingerprint density at radius 2 is 1.89 bits per heavy atom. The van der Waals surface area contributed by atoms with E-state index in [9.17, 15) is 0 Å². The van der Waals surface area contributed by atoms with E-state index in [0.717, 1.165) is 25.4 Å². The van der Waals surface area contributed by atoms with Gasteiger partial charge in [0, 0.05) is 20.2 Å². The van der Waals surface area contributed by atoms with Gasteiger partial charge < -0.3 is 14.8 Å². The summed E-state index contributed by atoms with van der Waals surface area (Å²) in [5.74, 6) is 1.51. The van der Waals surface area contributed by atoms with Crippen LogP contribution in [0, 0.1) is 6.92 Å². The molecule has 0 bridgehead atoms. The summed E-state index contributed by atoms with van der Waals surface area (Å²) in [6, 6.07) is 6.33. The molecule has 0 unspecified atom stereocenters. The van der Waals surface area contributed by atoms with Crippen molar-refractivity contribution < 1.29 is 9.47 Å². The van der Waals surface area contributed by atoms with E-state index in [2.05, 4.69) is 44.3 Å². The first kappa shape index (κ1) is 15.0. The minimum absolute atomic E-state index is 0.565. The molecule has 0 aliphatic rings. The molecular formula is C15H25NO2. The largest absolute Gasteiger partial charge is 0.492 e. The van der Waals surface area contributed by atoms with Crippen molar-refractivity contribution in [3.63, 3.8) is 0 Å². The van der Waals surface area contributed by atoms with Crippen LogP contribution in [0.15, 0.2) is 18.2 Å². The van der Waals surface area contributed by atoms with Crippen LogP contribution in [0.2, 0.25) is 0 Å². The van der Waals surface area contributed by atoms with Crippen LogP contribution in [0.4, 0.5) is 0 Å².